The molecular weight excluding hydrogens is 178 g/mol. The Bertz CT molecular complexity index is 213. The maximum atomic E-state index is 12.0. The van der Waals surface area contributed by atoms with Crippen molar-refractivity contribution >= 4 is 5.91 Å². The van der Waals surface area contributed by atoms with Gasteiger partial charge in [0.1, 0.15) is 0 Å². The van der Waals surface area contributed by atoms with Gasteiger partial charge in [-0.15, -0.1) is 0 Å². The number of hydrogen-bond acceptors (Lipinski definition) is 3. The van der Waals surface area contributed by atoms with E-state index in [0.29, 0.717) is 5.91 Å². The van der Waals surface area contributed by atoms with Crippen LogP contribution in [0.15, 0.2) is 0 Å². The number of hydrogen-bond donors (Lipinski definition) is 2. The van der Waals surface area contributed by atoms with Gasteiger partial charge in [0.15, 0.2) is 0 Å². The van der Waals surface area contributed by atoms with Crippen LogP contribution in [-0.2, 0) is 4.79 Å². The van der Waals surface area contributed by atoms with Gasteiger partial charge in [-0.2, -0.15) is 0 Å². The molecule has 0 aromatic rings. The van der Waals surface area contributed by atoms with Gasteiger partial charge in [-0.3, -0.25) is 4.79 Å². The Labute approximate surface area is 84.8 Å². The zero-order valence-corrected chi connectivity index (χ0v) is 8.54. The fraction of sp³-hybridized carbons (Fsp3) is 0.900. The van der Waals surface area contributed by atoms with Gasteiger partial charge >= 0.3 is 0 Å². The second kappa shape index (κ2) is 4.28. The van der Waals surface area contributed by atoms with E-state index in [4.69, 9.17) is 5.73 Å². The summed E-state index contributed by atoms with van der Waals surface area (Å²) in [6.45, 7) is 3.50. The highest BCUT2D eigenvalue weighted by Gasteiger charge is 2.29. The summed E-state index contributed by atoms with van der Waals surface area (Å²) < 4.78 is 0. The van der Waals surface area contributed by atoms with Crippen LogP contribution in [0.2, 0.25) is 0 Å². The van der Waals surface area contributed by atoms with Crippen LogP contribution >= 0.6 is 0 Å². The van der Waals surface area contributed by atoms with E-state index in [0.717, 1.165) is 45.4 Å². The molecule has 2 atom stereocenters. The highest BCUT2D eigenvalue weighted by Crippen LogP contribution is 2.15. The number of amides is 1. The summed E-state index contributed by atoms with van der Waals surface area (Å²) in [5, 5.41) is 3.22. The van der Waals surface area contributed by atoms with Gasteiger partial charge in [0.05, 0.1) is 5.92 Å². The lowest BCUT2D eigenvalue weighted by Gasteiger charge is -2.32. The lowest BCUT2D eigenvalue weighted by atomic mass is 10.0. The molecule has 4 heteroatoms. The molecule has 0 spiro atoms. The molecule has 2 heterocycles. The second-order valence-electron chi connectivity index (χ2n) is 4.38. The predicted octanol–water partition coefficient (Wildman–Crippen LogP) is -0.454. The quantitative estimate of drug-likeness (QED) is 0.598. The van der Waals surface area contributed by atoms with E-state index in [2.05, 4.69) is 5.32 Å². The van der Waals surface area contributed by atoms with E-state index in [1.54, 1.807) is 0 Å². The Balaban J connectivity index is 1.89. The Kier molecular flexibility index (Phi) is 3.03. The van der Waals surface area contributed by atoms with Crippen molar-refractivity contribution in [2.45, 2.75) is 25.3 Å². The fourth-order valence-corrected chi connectivity index (χ4v) is 2.33. The Morgan fingerprint density at radius 3 is 2.93 bits per heavy atom. The molecule has 80 valence electrons. The maximum absolute atomic E-state index is 12.0. The van der Waals surface area contributed by atoms with Crippen LogP contribution in [0.25, 0.3) is 0 Å². The number of carbonyl (C=O) groups is 1. The van der Waals surface area contributed by atoms with E-state index in [1.165, 1.54) is 0 Å². The zero-order chi connectivity index (χ0) is 9.97. The van der Waals surface area contributed by atoms with Crippen molar-refractivity contribution in [3.63, 3.8) is 0 Å². The number of nitrogens with one attached hydrogen (secondary N) is 1. The first kappa shape index (κ1) is 9.93. The van der Waals surface area contributed by atoms with Crippen LogP contribution < -0.4 is 11.1 Å². The predicted molar refractivity (Wildman–Crippen MR) is 54.8 cm³/mol. The van der Waals surface area contributed by atoms with Crippen molar-refractivity contribution in [2.24, 2.45) is 11.7 Å². The minimum Gasteiger partial charge on any atom is -0.341 e. The van der Waals surface area contributed by atoms with Crippen LogP contribution in [-0.4, -0.2) is 43.0 Å². The Morgan fingerprint density at radius 1 is 1.43 bits per heavy atom. The highest BCUT2D eigenvalue weighted by molar-refractivity contribution is 5.79. The SMILES string of the molecule is NC1CCCN(C(=O)[C@H]2CCNC2)C1. The first-order valence-corrected chi connectivity index (χ1v) is 5.52. The Morgan fingerprint density at radius 2 is 2.29 bits per heavy atom. The molecule has 2 fully saturated rings. The number of nitrogens with zero attached hydrogens (tertiary/aromatic N) is 1. The second-order valence-corrected chi connectivity index (χ2v) is 4.38. The molecular formula is C10H19N3O. The van der Waals surface area contributed by atoms with E-state index >= 15 is 0 Å². The molecule has 1 unspecified atom stereocenters. The van der Waals surface area contributed by atoms with E-state index < -0.39 is 0 Å². The number of rotatable bonds is 1. The zero-order valence-electron chi connectivity index (χ0n) is 8.54. The molecule has 2 rings (SSSR count). The first-order chi connectivity index (χ1) is 6.77. The number of carbonyl (C=O) groups excluding carboxylic acids is 1. The number of nitrogens with two attached hydrogens (primary N) is 1. The lowest BCUT2D eigenvalue weighted by molar-refractivity contribution is -0.136. The third kappa shape index (κ3) is 2.07. The van der Waals surface area contributed by atoms with E-state index in [9.17, 15) is 4.79 Å². The largest absolute Gasteiger partial charge is 0.341 e. The highest BCUT2D eigenvalue weighted by atomic mass is 16.2. The molecule has 0 saturated carbocycles. The number of likely N-dealkylation sites (tertiary alicyclic amines) is 1. The van der Waals surface area contributed by atoms with Gasteiger partial charge in [0.2, 0.25) is 5.91 Å². The summed E-state index contributed by atoms with van der Waals surface area (Å²) in [5.74, 6) is 0.519. The molecule has 3 N–H and O–H groups in total. The third-order valence-corrected chi connectivity index (χ3v) is 3.18. The smallest absolute Gasteiger partial charge is 0.227 e. The summed E-state index contributed by atoms with van der Waals surface area (Å²) in [5.41, 5.74) is 5.85. The van der Waals surface area contributed by atoms with Crippen molar-refractivity contribution in [3.8, 4) is 0 Å². The normalized spacial score (nSPS) is 33.4. The molecule has 2 aliphatic heterocycles. The summed E-state index contributed by atoms with van der Waals surface area (Å²) in [6.07, 6.45) is 3.12. The fourth-order valence-electron chi connectivity index (χ4n) is 2.33. The molecule has 1 amide bonds. The molecule has 0 radical (unpaired) electrons. The van der Waals surface area contributed by atoms with Crippen molar-refractivity contribution in [1.29, 1.82) is 0 Å². The van der Waals surface area contributed by atoms with Gasteiger partial charge < -0.3 is 16.0 Å². The minimum atomic E-state index is 0.196. The minimum absolute atomic E-state index is 0.196. The van der Waals surface area contributed by atoms with Crippen LogP contribution in [0, 0.1) is 5.92 Å². The molecule has 0 bridgehead atoms. The molecule has 0 aromatic carbocycles. The van der Waals surface area contributed by atoms with Crippen molar-refractivity contribution < 1.29 is 4.79 Å². The Hall–Kier alpha value is -0.610. The topological polar surface area (TPSA) is 58.4 Å². The van der Waals surface area contributed by atoms with Gasteiger partial charge in [-0.1, -0.05) is 0 Å². The molecule has 0 aliphatic carbocycles. The van der Waals surface area contributed by atoms with Crippen LogP contribution in [0.3, 0.4) is 0 Å². The average Bonchev–Trinajstić information content (AvgIpc) is 2.69. The number of piperidine rings is 1. The van der Waals surface area contributed by atoms with Crippen molar-refractivity contribution in [3.05, 3.63) is 0 Å². The van der Waals surface area contributed by atoms with Crippen LogP contribution in [0.1, 0.15) is 19.3 Å². The summed E-state index contributed by atoms with van der Waals surface area (Å²) in [7, 11) is 0. The lowest BCUT2D eigenvalue weighted by Crippen LogP contribution is -2.48. The molecule has 4 nitrogen and oxygen atoms in total. The van der Waals surface area contributed by atoms with Crippen molar-refractivity contribution in [2.75, 3.05) is 26.2 Å². The van der Waals surface area contributed by atoms with Crippen molar-refractivity contribution in [1.82, 2.24) is 10.2 Å². The van der Waals surface area contributed by atoms with Crippen LogP contribution in [0.4, 0.5) is 0 Å². The standard InChI is InChI=1S/C10H19N3O/c11-9-2-1-5-13(7-9)10(14)8-3-4-12-6-8/h8-9,12H,1-7,11H2/t8-,9?/m0/s1. The average molecular weight is 197 g/mol. The summed E-state index contributed by atoms with van der Waals surface area (Å²) in [6, 6.07) is 0.196. The van der Waals surface area contributed by atoms with Gasteiger partial charge in [0.25, 0.3) is 0 Å². The summed E-state index contributed by atoms with van der Waals surface area (Å²) in [4.78, 5) is 13.9. The maximum Gasteiger partial charge on any atom is 0.227 e. The molecule has 2 saturated heterocycles. The summed E-state index contributed by atoms with van der Waals surface area (Å²) >= 11 is 0. The first-order valence-electron chi connectivity index (χ1n) is 5.52. The van der Waals surface area contributed by atoms with Gasteiger partial charge in [-0.05, 0) is 25.8 Å². The monoisotopic (exact) mass is 197 g/mol. The molecule has 2 aliphatic rings. The van der Waals surface area contributed by atoms with Gasteiger partial charge in [-0.25, -0.2) is 0 Å². The molecule has 14 heavy (non-hydrogen) atoms. The van der Waals surface area contributed by atoms with Crippen LogP contribution in [0.5, 0.6) is 0 Å². The van der Waals surface area contributed by atoms with E-state index in [1.807, 2.05) is 4.90 Å². The molecule has 0 aromatic heterocycles. The van der Waals surface area contributed by atoms with E-state index in [-0.39, 0.29) is 12.0 Å². The van der Waals surface area contributed by atoms with Gasteiger partial charge in [0, 0.05) is 25.7 Å². The third-order valence-electron chi connectivity index (χ3n) is 3.18.